The lowest BCUT2D eigenvalue weighted by molar-refractivity contribution is -0.137. The number of aromatic nitrogens is 1. The topological polar surface area (TPSA) is 129 Å². The summed E-state index contributed by atoms with van der Waals surface area (Å²) in [7, 11) is 0. The molecule has 0 atom stereocenters. The fourth-order valence-electron chi connectivity index (χ4n) is 3.04. The second-order valence-corrected chi connectivity index (χ2v) is 11.4. The fraction of sp³-hybridized carbons (Fsp3) is 0.0385. The Labute approximate surface area is 263 Å². The van der Waals surface area contributed by atoms with E-state index >= 15 is 0 Å². The van der Waals surface area contributed by atoms with Crippen molar-refractivity contribution in [2.24, 2.45) is 0 Å². The third kappa shape index (κ3) is 8.92. The first kappa shape index (κ1) is 32.4. The molecule has 4 aromatic rings. The van der Waals surface area contributed by atoms with E-state index in [-0.39, 0.29) is 34.3 Å². The van der Waals surface area contributed by atoms with Crippen molar-refractivity contribution in [3.05, 3.63) is 101 Å². The summed E-state index contributed by atoms with van der Waals surface area (Å²) in [6.45, 7) is 0. The van der Waals surface area contributed by atoms with Gasteiger partial charge in [-0.1, -0.05) is 37.9 Å². The molecule has 0 aliphatic rings. The Bertz CT molecular complexity index is 1600. The first-order valence-electron chi connectivity index (χ1n) is 10.9. The van der Waals surface area contributed by atoms with Gasteiger partial charge in [0.1, 0.15) is 22.8 Å². The first-order chi connectivity index (χ1) is 19.1. The van der Waals surface area contributed by atoms with Crippen molar-refractivity contribution in [1.29, 1.82) is 0 Å². The van der Waals surface area contributed by atoms with E-state index in [1.165, 1.54) is 42.6 Å². The zero-order chi connectivity index (χ0) is 30.5. The van der Waals surface area contributed by atoms with E-state index < -0.39 is 23.6 Å². The van der Waals surface area contributed by atoms with Crippen LogP contribution in [0.3, 0.4) is 0 Å². The van der Waals surface area contributed by atoms with Gasteiger partial charge in [-0.15, -0.1) is 0 Å². The van der Waals surface area contributed by atoms with Gasteiger partial charge in [-0.3, -0.25) is 4.79 Å². The molecule has 214 valence electrons. The predicted molar refractivity (Wildman–Crippen MR) is 158 cm³/mol. The van der Waals surface area contributed by atoms with Crippen LogP contribution in [0.25, 0.3) is 0 Å². The zero-order valence-corrected chi connectivity index (χ0v) is 26.4. The molecule has 1 aromatic heterocycles. The number of phenolic OH excluding ortho intramolecular Hbond substituents is 1. The highest BCUT2D eigenvalue weighted by Gasteiger charge is 2.30. The molecule has 3 aromatic carbocycles. The number of benzene rings is 3. The van der Waals surface area contributed by atoms with E-state index in [1.54, 1.807) is 12.1 Å². The van der Waals surface area contributed by atoms with Crippen LogP contribution < -0.4 is 10.1 Å². The number of ether oxygens (including phenoxy) is 1. The fourth-order valence-corrected chi connectivity index (χ4v) is 5.49. The Balaban J connectivity index is 0.000000322. The van der Waals surface area contributed by atoms with Crippen molar-refractivity contribution in [2.45, 2.75) is 6.18 Å². The maximum atomic E-state index is 12.8. The summed E-state index contributed by atoms with van der Waals surface area (Å²) in [5.74, 6) is -2.18. The van der Waals surface area contributed by atoms with E-state index in [0.29, 0.717) is 23.6 Å². The summed E-state index contributed by atoms with van der Waals surface area (Å²) in [6.07, 6.45) is -3.20. The number of carboxylic acids is 1. The number of amides is 1. The molecule has 4 N–H and O–H groups in total. The molecule has 41 heavy (non-hydrogen) atoms. The van der Waals surface area contributed by atoms with Crippen molar-refractivity contribution >= 4 is 81.3 Å². The number of carbonyl (C=O) groups is 2. The predicted octanol–water partition coefficient (Wildman–Crippen LogP) is 8.99. The zero-order valence-electron chi connectivity index (χ0n) is 20.0. The molecule has 0 saturated heterocycles. The number of carbonyl (C=O) groups excluding carboxylic acids is 1. The number of anilines is 1. The summed E-state index contributed by atoms with van der Waals surface area (Å²) in [6, 6.07) is 13.2. The van der Waals surface area contributed by atoms with Gasteiger partial charge in [0.25, 0.3) is 5.91 Å². The van der Waals surface area contributed by atoms with Gasteiger partial charge in [-0.2, -0.15) is 13.2 Å². The summed E-state index contributed by atoms with van der Waals surface area (Å²) in [4.78, 5) is 26.9. The number of carboxylic acid groups (broad SMARTS) is 1. The van der Waals surface area contributed by atoms with E-state index in [9.17, 15) is 33.0 Å². The van der Waals surface area contributed by atoms with Crippen LogP contribution in [0.5, 0.6) is 23.1 Å². The van der Waals surface area contributed by atoms with Gasteiger partial charge in [0.05, 0.1) is 32.0 Å². The third-order valence-electron chi connectivity index (χ3n) is 4.91. The molecular formula is C26H15Br4F3N2O6. The van der Waals surface area contributed by atoms with Gasteiger partial charge in [0, 0.05) is 15.0 Å². The molecule has 0 aliphatic carbocycles. The van der Waals surface area contributed by atoms with Gasteiger partial charge < -0.3 is 25.4 Å². The molecule has 0 spiro atoms. The van der Waals surface area contributed by atoms with Gasteiger partial charge in [0.15, 0.2) is 0 Å². The average Bonchev–Trinajstić information content (AvgIpc) is 2.89. The Hall–Kier alpha value is -3.14. The van der Waals surface area contributed by atoms with Crippen molar-refractivity contribution < 1.29 is 42.8 Å². The van der Waals surface area contributed by atoms with Crippen LogP contribution in [-0.4, -0.2) is 32.2 Å². The molecule has 1 amide bonds. The number of aromatic hydroxyl groups is 2. The number of pyridine rings is 1. The van der Waals surface area contributed by atoms with Crippen LogP contribution in [-0.2, 0) is 6.18 Å². The number of phenols is 2. The molecule has 8 nitrogen and oxygen atoms in total. The van der Waals surface area contributed by atoms with Crippen LogP contribution >= 0.6 is 63.7 Å². The van der Waals surface area contributed by atoms with Crippen molar-refractivity contribution in [1.82, 2.24) is 4.98 Å². The van der Waals surface area contributed by atoms with Crippen molar-refractivity contribution in [2.75, 3.05) is 5.32 Å². The lowest BCUT2D eigenvalue weighted by atomic mass is 10.2. The number of rotatable bonds is 5. The molecule has 1 heterocycles. The van der Waals surface area contributed by atoms with Gasteiger partial charge >= 0.3 is 12.1 Å². The Kier molecular flexibility index (Phi) is 10.8. The number of halogens is 7. The second kappa shape index (κ2) is 13.7. The molecule has 0 saturated carbocycles. The SMILES string of the molecule is O=C(Nc1ccc(Oc2cccc(C(F)(F)F)c2)nc1)c1cc(Br)cc(Br)c1O.O=C(O)c1cc(Br)cc(Br)c1O. The monoisotopic (exact) mass is 824 g/mol. The minimum atomic E-state index is -4.48. The Morgan fingerprint density at radius 1 is 0.829 bits per heavy atom. The molecule has 15 heteroatoms. The molecule has 0 radical (unpaired) electrons. The van der Waals surface area contributed by atoms with Gasteiger partial charge in [-0.25, -0.2) is 9.78 Å². The lowest BCUT2D eigenvalue weighted by Crippen LogP contribution is -2.12. The van der Waals surface area contributed by atoms with Gasteiger partial charge in [-0.05, 0) is 80.4 Å². The standard InChI is InChI=1S/C19H11Br2F3N2O3.C7H4Br2O3/c20-11-7-14(17(27)15(21)8-11)18(28)26-12-4-5-16(25-9-12)29-13-3-1-2-10(6-13)19(22,23)24;8-3-1-4(7(11)12)6(10)5(9)2-3/h1-9,27H,(H,26,28);1-2,10H,(H,11,12). The number of nitrogens with zero attached hydrogens (tertiary/aromatic N) is 1. The van der Waals surface area contributed by atoms with Crippen molar-refractivity contribution in [3.63, 3.8) is 0 Å². The summed E-state index contributed by atoms with van der Waals surface area (Å²) < 4.78 is 45.5. The smallest absolute Gasteiger partial charge is 0.416 e. The van der Waals surface area contributed by atoms with Crippen LogP contribution in [0.1, 0.15) is 26.3 Å². The largest absolute Gasteiger partial charge is 0.506 e. The highest BCUT2D eigenvalue weighted by atomic mass is 79.9. The minimum Gasteiger partial charge on any atom is -0.506 e. The highest BCUT2D eigenvalue weighted by molar-refractivity contribution is 9.11. The molecule has 0 bridgehead atoms. The maximum absolute atomic E-state index is 12.8. The van der Waals surface area contributed by atoms with Crippen LogP contribution in [0.15, 0.2) is 84.8 Å². The number of nitrogens with one attached hydrogen (secondary N) is 1. The van der Waals surface area contributed by atoms with Crippen LogP contribution in [0.2, 0.25) is 0 Å². The number of hydrogen-bond donors (Lipinski definition) is 4. The summed E-state index contributed by atoms with van der Waals surface area (Å²) >= 11 is 12.5. The Morgan fingerprint density at radius 3 is 1.95 bits per heavy atom. The molecule has 0 aliphatic heterocycles. The number of aromatic carboxylic acids is 1. The quantitative estimate of drug-likeness (QED) is 0.158. The highest BCUT2D eigenvalue weighted by Crippen LogP contribution is 2.34. The maximum Gasteiger partial charge on any atom is 0.416 e. The second-order valence-electron chi connectivity index (χ2n) is 7.84. The van der Waals surface area contributed by atoms with E-state index in [4.69, 9.17) is 9.84 Å². The Morgan fingerprint density at radius 2 is 1.41 bits per heavy atom. The number of hydrogen-bond acceptors (Lipinski definition) is 6. The van der Waals surface area contributed by atoms with E-state index in [2.05, 4.69) is 74.0 Å². The molecule has 0 fully saturated rings. The first-order valence-corrected chi connectivity index (χ1v) is 14.0. The molecule has 4 rings (SSSR count). The normalized spacial score (nSPS) is 10.8. The van der Waals surface area contributed by atoms with Gasteiger partial charge in [0.2, 0.25) is 5.88 Å². The molecular weight excluding hydrogens is 813 g/mol. The minimum absolute atomic E-state index is 0.0204. The lowest BCUT2D eigenvalue weighted by Gasteiger charge is -2.11. The summed E-state index contributed by atoms with van der Waals surface area (Å²) in [5.41, 5.74) is -0.618. The van der Waals surface area contributed by atoms with E-state index in [0.717, 1.165) is 12.1 Å². The summed E-state index contributed by atoms with van der Waals surface area (Å²) in [5, 5.41) is 30.4. The van der Waals surface area contributed by atoms with E-state index in [1.807, 2.05) is 0 Å². The van der Waals surface area contributed by atoms with Crippen LogP contribution in [0.4, 0.5) is 18.9 Å². The third-order valence-corrected chi connectivity index (χ3v) is 7.03. The number of alkyl halides is 3. The average molecular weight is 828 g/mol. The van der Waals surface area contributed by atoms with Crippen molar-refractivity contribution in [3.8, 4) is 23.1 Å². The van der Waals surface area contributed by atoms with Crippen LogP contribution in [0, 0.1) is 0 Å². The molecule has 0 unspecified atom stereocenters.